The van der Waals surface area contributed by atoms with Crippen LogP contribution < -0.4 is 5.32 Å². The third kappa shape index (κ3) is 46.9. The number of nitrogens with one attached hydrogen (secondary N) is 1. The minimum atomic E-state index is -1.57. The Bertz CT molecular complexity index is 1660. The Morgan fingerprint density at radius 2 is 0.785 bits per heavy atom. The lowest BCUT2D eigenvalue weighted by Crippen LogP contribution is -2.60. The summed E-state index contributed by atoms with van der Waals surface area (Å²) in [6, 6.07) is -0.753. The first-order valence-electron chi connectivity index (χ1n) is 32.2. The standard InChI is InChI=1S/C70H119NO8/c1-3-5-7-9-11-13-15-17-19-21-23-25-27-28-29-30-31-32-33-34-35-36-38-40-42-44-46-48-50-52-54-56-58-60-66(74)71-63(62-78-70-69(77)68(76)67(75)65(61-72)79-70)64(73)59-57-55-53-51-49-47-45-43-41-39-37-26-24-22-20-18-16-14-12-10-8-6-4-2/h5,7,11,13,17,19,23,25,28-29,31-32,34-35,38,40,44,46,50,52,63-65,67-70,72-73,75-77H,3-4,6,8-10,12,14-16,18,20-22,24,26-27,30,33,36-37,39,41-43,45,47-49,51,53-62H2,1-2H3,(H,71,74)/b7-5-,13-11-,19-17-,25-23-,29-28-,32-31-,35-34-,40-38-,46-44-,52-50-. The van der Waals surface area contributed by atoms with Crippen molar-refractivity contribution in [3.05, 3.63) is 122 Å². The second-order valence-corrected chi connectivity index (χ2v) is 21.8. The summed E-state index contributed by atoms with van der Waals surface area (Å²) < 4.78 is 11.3. The molecule has 6 N–H and O–H groups in total. The van der Waals surface area contributed by atoms with E-state index in [0.717, 1.165) is 96.3 Å². The first-order chi connectivity index (χ1) is 38.8. The van der Waals surface area contributed by atoms with E-state index in [-0.39, 0.29) is 12.5 Å². The molecule has 0 aromatic heterocycles. The molecule has 1 aliphatic heterocycles. The second-order valence-electron chi connectivity index (χ2n) is 21.8. The van der Waals surface area contributed by atoms with E-state index >= 15 is 0 Å². The number of unbranched alkanes of at least 4 members (excludes halogenated alkanes) is 24. The molecular formula is C70H119NO8. The van der Waals surface area contributed by atoms with Crippen molar-refractivity contribution in [1.82, 2.24) is 5.32 Å². The van der Waals surface area contributed by atoms with Crippen LogP contribution in [0.15, 0.2) is 122 Å². The molecule has 0 aliphatic carbocycles. The first-order valence-corrected chi connectivity index (χ1v) is 32.2. The number of aliphatic hydroxyl groups is 5. The maximum absolute atomic E-state index is 13.1. The minimum Gasteiger partial charge on any atom is -0.394 e. The Hall–Kier alpha value is -3.41. The van der Waals surface area contributed by atoms with Gasteiger partial charge in [0.1, 0.15) is 24.4 Å². The highest BCUT2D eigenvalue weighted by Gasteiger charge is 2.44. The number of rotatable bonds is 54. The summed E-state index contributed by atoms with van der Waals surface area (Å²) in [5.74, 6) is -0.189. The predicted molar refractivity (Wildman–Crippen MR) is 336 cm³/mol. The van der Waals surface area contributed by atoms with Crippen LogP contribution in [0, 0.1) is 0 Å². The molecule has 1 aliphatic rings. The monoisotopic (exact) mass is 1100 g/mol. The van der Waals surface area contributed by atoms with Crippen LogP contribution in [-0.2, 0) is 14.3 Å². The topological polar surface area (TPSA) is 149 Å². The van der Waals surface area contributed by atoms with Gasteiger partial charge < -0.3 is 40.3 Å². The average Bonchev–Trinajstić information content (AvgIpc) is 3.47. The highest BCUT2D eigenvalue weighted by Crippen LogP contribution is 2.23. The van der Waals surface area contributed by atoms with Crippen molar-refractivity contribution in [1.29, 1.82) is 0 Å². The van der Waals surface area contributed by atoms with Gasteiger partial charge in [0.05, 0.1) is 25.4 Å². The molecule has 1 amide bonds. The molecule has 0 bridgehead atoms. The van der Waals surface area contributed by atoms with Crippen molar-refractivity contribution in [2.24, 2.45) is 0 Å². The fraction of sp³-hybridized carbons (Fsp3) is 0.700. The zero-order valence-corrected chi connectivity index (χ0v) is 50.3. The number of allylic oxidation sites excluding steroid dienone is 20. The van der Waals surface area contributed by atoms with Crippen LogP contribution in [0.3, 0.4) is 0 Å². The molecule has 7 unspecified atom stereocenters. The molecule has 79 heavy (non-hydrogen) atoms. The first kappa shape index (κ1) is 73.6. The summed E-state index contributed by atoms with van der Waals surface area (Å²) in [6.07, 6.45) is 79.5. The van der Waals surface area contributed by atoms with Gasteiger partial charge in [-0.1, -0.05) is 283 Å². The SMILES string of the molecule is CC/C=C\C/C=C\C/C=C\C/C=C\C/C=C\C/C=C\C/C=C\C/C=C\C/C=C\C/C=C\CCCCC(=O)NC(COC1OC(CO)C(O)C(O)C1O)C(O)CCCCCCCCCCCCCCCCCCCCCCCCC. The normalized spacial score (nSPS) is 19.4. The summed E-state index contributed by atoms with van der Waals surface area (Å²) in [6.45, 7) is 3.71. The van der Waals surface area contributed by atoms with Gasteiger partial charge in [0.2, 0.25) is 5.91 Å². The Labute approximate surface area is 484 Å². The summed E-state index contributed by atoms with van der Waals surface area (Å²) in [5, 5.41) is 54.8. The van der Waals surface area contributed by atoms with Gasteiger partial charge in [-0.05, 0) is 89.9 Å². The van der Waals surface area contributed by atoms with E-state index in [4.69, 9.17) is 9.47 Å². The highest BCUT2D eigenvalue weighted by atomic mass is 16.7. The number of amides is 1. The predicted octanol–water partition coefficient (Wildman–Crippen LogP) is 17.1. The fourth-order valence-electron chi connectivity index (χ4n) is 9.54. The number of ether oxygens (including phenoxy) is 2. The minimum absolute atomic E-state index is 0.163. The van der Waals surface area contributed by atoms with Crippen LogP contribution >= 0.6 is 0 Å². The van der Waals surface area contributed by atoms with Crippen LogP contribution in [0.4, 0.5) is 0 Å². The molecular weight excluding hydrogens is 983 g/mol. The van der Waals surface area contributed by atoms with E-state index in [1.165, 1.54) is 128 Å². The van der Waals surface area contributed by atoms with Crippen LogP contribution in [-0.4, -0.2) is 87.5 Å². The Balaban J connectivity index is 2.23. The van der Waals surface area contributed by atoms with Crippen molar-refractivity contribution in [2.75, 3.05) is 13.2 Å². The third-order valence-corrected chi connectivity index (χ3v) is 14.6. The van der Waals surface area contributed by atoms with Gasteiger partial charge in [0, 0.05) is 6.42 Å². The van der Waals surface area contributed by atoms with Crippen LogP contribution in [0.5, 0.6) is 0 Å². The molecule has 0 radical (unpaired) electrons. The molecule has 1 rings (SSSR count). The molecule has 9 heteroatoms. The average molecular weight is 1100 g/mol. The number of hydrogen-bond donors (Lipinski definition) is 6. The molecule has 0 aromatic rings. The van der Waals surface area contributed by atoms with E-state index in [0.29, 0.717) is 19.3 Å². The van der Waals surface area contributed by atoms with Crippen LogP contribution in [0.2, 0.25) is 0 Å². The van der Waals surface area contributed by atoms with E-state index in [1.54, 1.807) is 0 Å². The van der Waals surface area contributed by atoms with E-state index in [2.05, 4.69) is 141 Å². The maximum atomic E-state index is 13.1. The Morgan fingerprint density at radius 1 is 0.443 bits per heavy atom. The smallest absolute Gasteiger partial charge is 0.220 e. The van der Waals surface area contributed by atoms with Crippen molar-refractivity contribution < 1.29 is 39.8 Å². The molecule has 1 saturated heterocycles. The van der Waals surface area contributed by atoms with Gasteiger partial charge >= 0.3 is 0 Å². The lowest BCUT2D eigenvalue weighted by Gasteiger charge is -2.40. The molecule has 0 spiro atoms. The third-order valence-electron chi connectivity index (χ3n) is 14.6. The molecule has 7 atom stereocenters. The Morgan fingerprint density at radius 3 is 1.14 bits per heavy atom. The van der Waals surface area contributed by atoms with Gasteiger partial charge in [-0.3, -0.25) is 4.79 Å². The van der Waals surface area contributed by atoms with Crippen molar-refractivity contribution in [3.8, 4) is 0 Å². The van der Waals surface area contributed by atoms with Crippen LogP contribution in [0.25, 0.3) is 0 Å². The number of carbonyl (C=O) groups is 1. The van der Waals surface area contributed by atoms with E-state index < -0.39 is 49.5 Å². The highest BCUT2D eigenvalue weighted by molar-refractivity contribution is 5.76. The van der Waals surface area contributed by atoms with Crippen LogP contribution in [0.1, 0.15) is 258 Å². The quantitative estimate of drug-likeness (QED) is 0.0261. The molecule has 0 saturated carbocycles. The van der Waals surface area contributed by atoms with E-state index in [9.17, 15) is 30.3 Å². The summed E-state index contributed by atoms with van der Waals surface area (Å²) in [4.78, 5) is 13.1. The van der Waals surface area contributed by atoms with Gasteiger partial charge in [-0.2, -0.15) is 0 Å². The van der Waals surface area contributed by atoms with E-state index in [1.807, 2.05) is 0 Å². The van der Waals surface area contributed by atoms with Gasteiger partial charge in [0.25, 0.3) is 0 Å². The zero-order valence-electron chi connectivity index (χ0n) is 50.3. The molecule has 9 nitrogen and oxygen atoms in total. The lowest BCUT2D eigenvalue weighted by atomic mass is 9.99. The number of hydrogen-bond acceptors (Lipinski definition) is 8. The van der Waals surface area contributed by atoms with Crippen molar-refractivity contribution in [2.45, 2.75) is 301 Å². The number of aliphatic hydroxyl groups excluding tert-OH is 5. The molecule has 452 valence electrons. The fourth-order valence-corrected chi connectivity index (χ4v) is 9.54. The maximum Gasteiger partial charge on any atom is 0.220 e. The molecule has 1 fully saturated rings. The van der Waals surface area contributed by atoms with Gasteiger partial charge in [-0.25, -0.2) is 0 Å². The van der Waals surface area contributed by atoms with Crippen molar-refractivity contribution >= 4 is 5.91 Å². The number of carbonyl (C=O) groups excluding carboxylic acids is 1. The second kappa shape index (κ2) is 57.8. The summed E-state index contributed by atoms with van der Waals surface area (Å²) in [5.41, 5.74) is 0. The largest absolute Gasteiger partial charge is 0.394 e. The molecule has 0 aromatic carbocycles. The molecule has 1 heterocycles. The lowest BCUT2D eigenvalue weighted by molar-refractivity contribution is -0.302. The zero-order chi connectivity index (χ0) is 57.2. The van der Waals surface area contributed by atoms with Gasteiger partial charge in [0.15, 0.2) is 6.29 Å². The summed E-state index contributed by atoms with van der Waals surface area (Å²) >= 11 is 0. The van der Waals surface area contributed by atoms with Crippen molar-refractivity contribution in [3.63, 3.8) is 0 Å². The summed E-state index contributed by atoms with van der Waals surface area (Å²) in [7, 11) is 0. The Kier molecular flexibility index (Phi) is 53.9. The van der Waals surface area contributed by atoms with Gasteiger partial charge in [-0.15, -0.1) is 0 Å².